The molecule has 6 nitrogen and oxygen atoms in total. The van der Waals surface area contributed by atoms with E-state index in [2.05, 4.69) is 32.9 Å². The van der Waals surface area contributed by atoms with Gasteiger partial charge >= 0.3 is 6.16 Å². The number of ether oxygens (including phenoxy) is 3. The Labute approximate surface area is 179 Å². The molecule has 1 aromatic carbocycles. The van der Waals surface area contributed by atoms with E-state index in [1.807, 2.05) is 6.08 Å². The normalized spacial score (nSPS) is 21.7. The van der Waals surface area contributed by atoms with Crippen LogP contribution in [0.15, 0.2) is 24.0 Å². The number of benzene rings is 1. The predicted molar refractivity (Wildman–Crippen MR) is 116 cm³/mol. The molecule has 0 saturated heterocycles. The average molecular weight is 418 g/mol. The second kappa shape index (κ2) is 9.73. The van der Waals surface area contributed by atoms with E-state index < -0.39 is 6.16 Å². The molecule has 0 radical (unpaired) electrons. The third-order valence-corrected chi connectivity index (χ3v) is 6.20. The van der Waals surface area contributed by atoms with E-state index in [1.165, 1.54) is 18.4 Å². The molecule has 3 N–H and O–H groups in total. The molecule has 1 aliphatic heterocycles. The van der Waals surface area contributed by atoms with Crippen LogP contribution in [0.5, 0.6) is 11.5 Å². The molecule has 0 spiro atoms. The number of unbranched alkanes of at least 4 members (excludes halogenated alkanes) is 2. The Hall–Kier alpha value is -2.21. The van der Waals surface area contributed by atoms with E-state index in [0.717, 1.165) is 36.3 Å². The first-order chi connectivity index (χ1) is 14.4. The smallest absolute Gasteiger partial charge is 0.493 e. The SMILES string of the molecule is CCCCCc1cc(OCCCN)c2c(c1)OC(C)(C)[C@@H]1CC=C(OC(=O)O)C[C@@H]21. The summed E-state index contributed by atoms with van der Waals surface area (Å²) in [5, 5.41) is 9.07. The van der Waals surface area contributed by atoms with Gasteiger partial charge in [0, 0.05) is 23.8 Å². The Bertz CT molecular complexity index is 786. The highest BCUT2D eigenvalue weighted by Gasteiger charge is 2.47. The van der Waals surface area contributed by atoms with E-state index in [0.29, 0.717) is 31.8 Å². The van der Waals surface area contributed by atoms with Gasteiger partial charge in [0.1, 0.15) is 22.9 Å². The van der Waals surface area contributed by atoms with Crippen molar-refractivity contribution in [3.05, 3.63) is 35.1 Å². The minimum Gasteiger partial charge on any atom is -0.493 e. The third kappa shape index (κ3) is 5.09. The van der Waals surface area contributed by atoms with Crippen LogP contribution in [-0.2, 0) is 11.2 Å². The van der Waals surface area contributed by atoms with Crippen molar-refractivity contribution in [1.82, 2.24) is 0 Å². The van der Waals surface area contributed by atoms with Crippen molar-refractivity contribution >= 4 is 6.16 Å². The Balaban J connectivity index is 1.98. The maximum absolute atomic E-state index is 11.1. The number of aryl methyl sites for hydroxylation is 1. The lowest BCUT2D eigenvalue weighted by atomic mass is 9.68. The summed E-state index contributed by atoms with van der Waals surface area (Å²) >= 11 is 0. The number of rotatable bonds is 9. The Kier molecular flexibility index (Phi) is 7.29. The molecule has 166 valence electrons. The predicted octanol–water partition coefficient (Wildman–Crippen LogP) is 5.39. The van der Waals surface area contributed by atoms with Crippen LogP contribution in [0.25, 0.3) is 0 Å². The number of allylic oxidation sites excluding steroid dienone is 2. The quantitative estimate of drug-likeness (QED) is 0.413. The fourth-order valence-electron chi connectivity index (χ4n) is 4.70. The Morgan fingerprint density at radius 2 is 2.10 bits per heavy atom. The molecule has 2 atom stereocenters. The van der Waals surface area contributed by atoms with Gasteiger partial charge in [-0.1, -0.05) is 19.8 Å². The molecule has 0 unspecified atom stereocenters. The monoisotopic (exact) mass is 417 g/mol. The van der Waals surface area contributed by atoms with Crippen molar-refractivity contribution in [2.24, 2.45) is 11.7 Å². The lowest BCUT2D eigenvalue weighted by Crippen LogP contribution is -2.45. The summed E-state index contributed by atoms with van der Waals surface area (Å²) < 4.78 is 17.7. The molecule has 6 heteroatoms. The summed E-state index contributed by atoms with van der Waals surface area (Å²) in [6, 6.07) is 4.29. The molecule has 30 heavy (non-hydrogen) atoms. The van der Waals surface area contributed by atoms with E-state index in [1.54, 1.807) is 0 Å². The molecule has 1 heterocycles. The molecule has 3 rings (SSSR count). The number of carboxylic acid groups (broad SMARTS) is 1. The van der Waals surface area contributed by atoms with Crippen LogP contribution >= 0.6 is 0 Å². The highest BCUT2D eigenvalue weighted by molar-refractivity contribution is 5.59. The van der Waals surface area contributed by atoms with Crippen molar-refractivity contribution in [1.29, 1.82) is 0 Å². The highest BCUT2D eigenvalue weighted by Crippen LogP contribution is 2.54. The number of nitrogens with two attached hydrogens (primary N) is 1. The molecule has 0 aromatic heterocycles. The molecule has 0 fully saturated rings. The molecule has 0 bridgehead atoms. The minimum atomic E-state index is -1.27. The molecular weight excluding hydrogens is 382 g/mol. The summed E-state index contributed by atoms with van der Waals surface area (Å²) in [4.78, 5) is 11.1. The fourth-order valence-corrected chi connectivity index (χ4v) is 4.70. The summed E-state index contributed by atoms with van der Waals surface area (Å²) in [7, 11) is 0. The van der Waals surface area contributed by atoms with Gasteiger partial charge in [-0.15, -0.1) is 0 Å². The van der Waals surface area contributed by atoms with Crippen molar-refractivity contribution in [3.63, 3.8) is 0 Å². The topological polar surface area (TPSA) is 91.0 Å². The molecule has 0 saturated carbocycles. The standard InChI is InChI=1S/C24H35NO5/c1-4-5-6-8-16-13-20(28-12-7-11-25)22-18-15-17(29-23(26)27)9-10-19(18)24(2,3)30-21(22)14-16/h9,13-14,18-19H,4-8,10-12,15,25H2,1-3H3,(H,26,27)/t18-,19-/m1/s1. The van der Waals surface area contributed by atoms with Crippen LogP contribution in [0.4, 0.5) is 4.79 Å². The van der Waals surface area contributed by atoms with E-state index in [9.17, 15) is 4.79 Å². The lowest BCUT2D eigenvalue weighted by Gasteiger charge is -2.47. The van der Waals surface area contributed by atoms with Gasteiger partial charge in [-0.2, -0.15) is 0 Å². The molecule has 1 aliphatic carbocycles. The van der Waals surface area contributed by atoms with Gasteiger partial charge in [0.15, 0.2) is 0 Å². The fraction of sp³-hybridized carbons (Fsp3) is 0.625. The summed E-state index contributed by atoms with van der Waals surface area (Å²) in [5.41, 5.74) is 7.55. The van der Waals surface area contributed by atoms with E-state index in [-0.39, 0.29) is 17.4 Å². The van der Waals surface area contributed by atoms with Gasteiger partial charge in [0.25, 0.3) is 0 Å². The van der Waals surface area contributed by atoms with Crippen LogP contribution in [0, 0.1) is 5.92 Å². The van der Waals surface area contributed by atoms with Crippen LogP contribution in [0.2, 0.25) is 0 Å². The average Bonchev–Trinajstić information content (AvgIpc) is 2.67. The van der Waals surface area contributed by atoms with Crippen molar-refractivity contribution in [3.8, 4) is 11.5 Å². The van der Waals surface area contributed by atoms with Gasteiger partial charge in [0.05, 0.1) is 6.61 Å². The number of carbonyl (C=O) groups is 1. The molecule has 0 amide bonds. The highest BCUT2D eigenvalue weighted by atomic mass is 16.7. The zero-order valence-corrected chi connectivity index (χ0v) is 18.4. The number of hydrogen-bond donors (Lipinski definition) is 2. The Morgan fingerprint density at radius 3 is 2.80 bits per heavy atom. The van der Waals surface area contributed by atoms with Crippen LogP contribution in [0.3, 0.4) is 0 Å². The van der Waals surface area contributed by atoms with Crippen molar-refractivity contribution < 1.29 is 24.1 Å². The molecule has 2 aliphatic rings. The van der Waals surface area contributed by atoms with Crippen LogP contribution < -0.4 is 15.2 Å². The first-order valence-electron chi connectivity index (χ1n) is 11.1. The third-order valence-electron chi connectivity index (χ3n) is 6.20. The van der Waals surface area contributed by atoms with E-state index >= 15 is 0 Å². The summed E-state index contributed by atoms with van der Waals surface area (Å²) in [5.74, 6) is 2.51. The largest absolute Gasteiger partial charge is 0.511 e. The summed E-state index contributed by atoms with van der Waals surface area (Å²) in [6.07, 6.45) is 7.12. The van der Waals surface area contributed by atoms with Crippen molar-refractivity contribution in [2.75, 3.05) is 13.2 Å². The first-order valence-corrected chi connectivity index (χ1v) is 11.1. The van der Waals surface area contributed by atoms with Gasteiger partial charge in [-0.25, -0.2) is 4.79 Å². The van der Waals surface area contributed by atoms with Crippen LogP contribution in [-0.4, -0.2) is 30.0 Å². The first kappa shape index (κ1) is 22.5. The second-order valence-electron chi connectivity index (χ2n) is 8.85. The van der Waals surface area contributed by atoms with Gasteiger partial charge in [0.2, 0.25) is 0 Å². The molecule has 1 aromatic rings. The maximum Gasteiger partial charge on any atom is 0.511 e. The van der Waals surface area contributed by atoms with Gasteiger partial charge in [-0.05, 0) is 69.8 Å². The van der Waals surface area contributed by atoms with Gasteiger partial charge < -0.3 is 25.1 Å². The Morgan fingerprint density at radius 1 is 1.30 bits per heavy atom. The lowest BCUT2D eigenvalue weighted by molar-refractivity contribution is 0.00256. The minimum absolute atomic E-state index is 0.0840. The van der Waals surface area contributed by atoms with Crippen molar-refractivity contribution in [2.45, 2.75) is 77.2 Å². The van der Waals surface area contributed by atoms with E-state index in [4.69, 9.17) is 25.1 Å². The maximum atomic E-state index is 11.1. The van der Waals surface area contributed by atoms with Gasteiger partial charge in [-0.3, -0.25) is 0 Å². The number of fused-ring (bicyclic) bond motifs is 3. The number of hydrogen-bond acceptors (Lipinski definition) is 5. The second-order valence-corrected chi connectivity index (χ2v) is 8.85. The van der Waals surface area contributed by atoms with Crippen LogP contribution in [0.1, 0.15) is 76.3 Å². The zero-order chi connectivity index (χ0) is 21.7. The zero-order valence-electron chi connectivity index (χ0n) is 18.4. The molecular formula is C24H35NO5. The summed E-state index contributed by atoms with van der Waals surface area (Å²) in [6.45, 7) is 7.56.